The molecule has 1 atom stereocenters. The highest BCUT2D eigenvalue weighted by Crippen LogP contribution is 2.25. The maximum atomic E-state index is 11.8. The Balaban J connectivity index is -0.000000114. The third kappa shape index (κ3) is 147. The molecule has 0 rings (SSSR count). The van der Waals surface area contributed by atoms with E-state index in [4.69, 9.17) is 9.47 Å². The minimum absolute atomic E-state index is 0.0380. The van der Waals surface area contributed by atoms with E-state index >= 15 is 0 Å². The Morgan fingerprint density at radius 1 is 0.290 bits per heavy atom. The highest BCUT2D eigenvalue weighted by Gasteiger charge is 2.33. The van der Waals surface area contributed by atoms with Crippen molar-refractivity contribution in [3.05, 3.63) is 0 Å². The number of ether oxygens (including phenoxy) is 2. The summed E-state index contributed by atoms with van der Waals surface area (Å²) in [6.07, 6.45) is 6.53. The molecule has 0 radical (unpaired) electrons. The third-order valence-electron chi connectivity index (χ3n) is 14.7. The van der Waals surface area contributed by atoms with E-state index in [1.807, 2.05) is 83.1 Å². The molecule has 0 aromatic heterocycles. The van der Waals surface area contributed by atoms with Gasteiger partial charge in [0.2, 0.25) is 23.6 Å². The summed E-state index contributed by atoms with van der Waals surface area (Å²) in [5.41, 5.74) is -4.02. The number of unbranched alkanes of at least 4 members (excludes halogenated alkanes) is 3. The number of carbonyl (C=O) groups is 6. The van der Waals surface area contributed by atoms with E-state index in [1.54, 1.807) is 48.5 Å². The Kier molecular flexibility index (Phi) is 76.1. The van der Waals surface area contributed by atoms with Crippen LogP contribution < -0.4 is 21.3 Å². The molecule has 0 saturated carbocycles. The van der Waals surface area contributed by atoms with Crippen LogP contribution in [0.25, 0.3) is 0 Å². The maximum absolute atomic E-state index is 11.8. The number of quaternary nitrogens is 6. The molecule has 4 N–H and O–H groups in total. The number of hydrogen-bond donors (Lipinski definition) is 4. The van der Waals surface area contributed by atoms with Crippen molar-refractivity contribution in [2.75, 3.05) is 237 Å². The molecule has 756 valence electrons. The van der Waals surface area contributed by atoms with Crippen molar-refractivity contribution < 1.29 is 143 Å². The quantitative estimate of drug-likeness (QED) is 0.0209. The van der Waals surface area contributed by atoms with E-state index in [9.17, 15) is 107 Å². The van der Waals surface area contributed by atoms with Crippen molar-refractivity contribution in [3.63, 3.8) is 0 Å². The average Bonchev–Trinajstić information content (AvgIpc) is 0.842. The summed E-state index contributed by atoms with van der Waals surface area (Å²) >= 11 is 0. The first-order valence-electron chi connectivity index (χ1n) is 41.6. The summed E-state index contributed by atoms with van der Waals surface area (Å²) in [7, 11) is 25.8. The Bertz CT molecular complexity index is 3500. The first kappa shape index (κ1) is 146. The molecular weight excluding hydrogens is 1730 g/mol. The Hall–Kier alpha value is -3.96. The first-order chi connectivity index (χ1) is 53.7. The van der Waals surface area contributed by atoms with Crippen molar-refractivity contribution >= 4 is 96.3 Å². The number of nitrogens with one attached hydrogen (secondary N) is 4. The standard InChI is InChI=1S/C11H22O5S.2C10H21NO4S.C10H20O5S.C9H19NO4S.C8H17NO4S.6C4H12N/c1-4-11(2,3)10(12)16-8-6-5-7-9-17(13,14)15;1-6-9(2,3)8(12)11-10(4,5)7-16(13,14)15;1-4-10(2,3)9(12)11-7-5-6-8-16(13,14)15;1-5-10(3,4)9(11)15-6-8(2)7-16(12,13)14;1-4-9(2,3)8(11)10-6-5-7-15(12,13)14;1-4-8(2,3)7(10)9-5-6-14(11,12)13;6*1-5(2,3)4/h4-9H2,1-3H3,(H,13,14,15);6-7H2,1-5H3,(H,11,12)(H,13,14,15);4-8H2,1-3H3,(H,11,12)(H,13,14,15);8H,5-7H2,1-4H3,(H,12,13,14);4-7H2,1-3H3,(H,10,11)(H,12,13,14);4-6H2,1-3H3,(H,9,10)(H,11,12,13);6*1-4H3/q;;;;;;6*+1/p-6. The largest absolute Gasteiger partial charge is 0.748 e. The average molecular weight is 1920 g/mol. The van der Waals surface area contributed by atoms with Gasteiger partial charge in [0, 0.05) is 75.8 Å². The van der Waals surface area contributed by atoms with Gasteiger partial charge in [0.15, 0.2) is 0 Å². The van der Waals surface area contributed by atoms with Crippen LogP contribution >= 0.6 is 0 Å². The predicted octanol–water partition coefficient (Wildman–Crippen LogP) is 7.05. The summed E-state index contributed by atoms with van der Waals surface area (Å²) in [5, 5.41) is 10.3. The molecular formula is C82H186N10O26S6. The maximum Gasteiger partial charge on any atom is 0.311 e. The van der Waals surface area contributed by atoms with Crippen molar-refractivity contribution in [2.45, 2.75) is 228 Å². The molecule has 0 aromatic rings. The summed E-state index contributed by atoms with van der Waals surface area (Å²) in [4.78, 5) is 69.2. The van der Waals surface area contributed by atoms with Crippen LogP contribution in [0.15, 0.2) is 0 Å². The van der Waals surface area contributed by atoms with Crippen LogP contribution in [0, 0.1) is 38.4 Å². The lowest BCUT2D eigenvalue weighted by Crippen LogP contribution is -2.52. The number of amides is 4. The van der Waals surface area contributed by atoms with Crippen LogP contribution in [0.4, 0.5) is 0 Å². The molecule has 4 amide bonds. The summed E-state index contributed by atoms with van der Waals surface area (Å²) in [5.74, 6) is -4.53. The van der Waals surface area contributed by atoms with E-state index in [-0.39, 0.29) is 79.8 Å². The van der Waals surface area contributed by atoms with Crippen LogP contribution in [0.3, 0.4) is 0 Å². The SMILES string of the molecule is CCC(C)(C)C(=O)NC(C)(C)CS(=O)(=O)[O-].CCC(C)(C)C(=O)NCCCCS(=O)(=O)[O-].CCC(C)(C)C(=O)NCCCS(=O)(=O)[O-].CCC(C)(C)C(=O)NCCS(=O)(=O)[O-].CCC(C)(C)C(=O)OCC(C)CS(=O)(=O)[O-].CCC(C)(C)C(=O)OCCCCCS(=O)(=O)[O-].C[N+](C)(C)C.C[N+](C)(C)C.C[N+](C)(C)C.C[N+](C)(C)C.C[N+](C)(C)C.C[N+](C)(C)C. The Labute approximate surface area is 758 Å². The molecule has 0 saturated heterocycles. The van der Waals surface area contributed by atoms with Crippen LogP contribution in [-0.2, 0) is 98.9 Å². The highest BCUT2D eigenvalue weighted by molar-refractivity contribution is 7.86. The van der Waals surface area contributed by atoms with Crippen LogP contribution in [0.1, 0.15) is 222 Å². The van der Waals surface area contributed by atoms with E-state index in [0.29, 0.717) is 70.8 Å². The van der Waals surface area contributed by atoms with Gasteiger partial charge in [-0.25, -0.2) is 50.5 Å². The lowest BCUT2D eigenvalue weighted by atomic mass is 9.88. The van der Waals surface area contributed by atoms with Crippen molar-refractivity contribution in [1.29, 1.82) is 0 Å². The lowest BCUT2D eigenvalue weighted by Gasteiger charge is -2.32. The second kappa shape index (κ2) is 64.8. The monoisotopic (exact) mass is 1920 g/mol. The van der Waals surface area contributed by atoms with Gasteiger partial charge in [-0.2, -0.15) is 0 Å². The number of rotatable bonds is 37. The molecule has 0 fully saturated rings. The van der Waals surface area contributed by atoms with Crippen LogP contribution in [-0.4, -0.2) is 382 Å². The van der Waals surface area contributed by atoms with Gasteiger partial charge in [0.1, 0.15) is 0 Å². The summed E-state index contributed by atoms with van der Waals surface area (Å²) < 4.78 is 203. The first-order valence-corrected chi connectivity index (χ1v) is 51.1. The molecule has 42 heteroatoms. The molecule has 0 aliphatic rings. The second-order valence-corrected chi connectivity index (χ2v) is 52.0. The minimum Gasteiger partial charge on any atom is -0.748 e. The fourth-order valence-electron chi connectivity index (χ4n) is 5.68. The zero-order valence-corrected chi connectivity index (χ0v) is 91.0. The van der Waals surface area contributed by atoms with Gasteiger partial charge >= 0.3 is 11.9 Å². The van der Waals surface area contributed by atoms with Crippen molar-refractivity contribution in [1.82, 2.24) is 21.3 Å². The zero-order chi connectivity index (χ0) is 103. The predicted molar refractivity (Wildman–Crippen MR) is 496 cm³/mol. The normalized spacial score (nSPS) is 12.8. The van der Waals surface area contributed by atoms with Gasteiger partial charge in [-0.05, 0) is 119 Å². The van der Waals surface area contributed by atoms with Gasteiger partial charge in [-0.15, -0.1) is 0 Å². The van der Waals surface area contributed by atoms with E-state index < -0.39 is 128 Å². The van der Waals surface area contributed by atoms with E-state index in [0.717, 1.165) is 33.3 Å². The van der Waals surface area contributed by atoms with E-state index in [2.05, 4.69) is 190 Å². The molecule has 0 aliphatic heterocycles. The van der Waals surface area contributed by atoms with Crippen molar-refractivity contribution in [3.8, 4) is 0 Å². The molecule has 36 nitrogen and oxygen atoms in total. The molecule has 124 heavy (non-hydrogen) atoms. The number of nitrogens with zero attached hydrogens (tertiary/aromatic N) is 6. The minimum atomic E-state index is -4.34. The smallest absolute Gasteiger partial charge is 0.311 e. The number of esters is 2. The highest BCUT2D eigenvalue weighted by atomic mass is 32.2. The van der Waals surface area contributed by atoms with Crippen LogP contribution in [0.2, 0.25) is 0 Å². The second-order valence-electron chi connectivity index (χ2n) is 43.1. The fraction of sp³-hybridized carbons (Fsp3) is 0.927. The Morgan fingerprint density at radius 3 is 0.758 bits per heavy atom. The van der Waals surface area contributed by atoms with Gasteiger partial charge in [-0.1, -0.05) is 104 Å². The van der Waals surface area contributed by atoms with Gasteiger partial charge < -0.3 is 85.0 Å². The van der Waals surface area contributed by atoms with Gasteiger partial charge in [-0.3, -0.25) is 28.8 Å². The number of carbonyl (C=O) groups excluding carboxylic acids is 6. The molecule has 0 aliphatic carbocycles. The molecule has 0 aromatic carbocycles. The number of hydrogen-bond acceptors (Lipinski definition) is 26. The molecule has 1 unspecified atom stereocenters. The fourth-order valence-corrected chi connectivity index (χ4v) is 9.39. The third-order valence-corrected chi connectivity index (χ3v) is 19.8. The van der Waals surface area contributed by atoms with Gasteiger partial charge in [0.25, 0.3) is 0 Å². The van der Waals surface area contributed by atoms with Gasteiger partial charge in [0.05, 0.1) is 265 Å². The summed E-state index contributed by atoms with van der Waals surface area (Å²) in [6, 6.07) is 0. The van der Waals surface area contributed by atoms with Crippen LogP contribution in [0.5, 0.6) is 0 Å². The molecule has 0 bridgehead atoms. The Morgan fingerprint density at radius 2 is 0.516 bits per heavy atom. The van der Waals surface area contributed by atoms with Crippen molar-refractivity contribution in [2.24, 2.45) is 38.4 Å². The van der Waals surface area contributed by atoms with E-state index in [1.165, 1.54) is 13.8 Å². The molecule has 0 spiro atoms. The zero-order valence-electron chi connectivity index (χ0n) is 86.1. The molecule has 0 heterocycles. The summed E-state index contributed by atoms with van der Waals surface area (Å²) in [6.45, 7) is 38.2. The lowest BCUT2D eigenvalue weighted by molar-refractivity contribution is -0.849. The topological polar surface area (TPSA) is 512 Å².